The maximum Gasteiger partial charge on any atom is 0.248 e. The van der Waals surface area contributed by atoms with Gasteiger partial charge in [-0.3, -0.25) is 4.79 Å². The second kappa shape index (κ2) is 7.59. The predicted molar refractivity (Wildman–Crippen MR) is 114 cm³/mol. The van der Waals surface area contributed by atoms with Gasteiger partial charge in [0.25, 0.3) is 0 Å². The summed E-state index contributed by atoms with van der Waals surface area (Å²) in [4.78, 5) is 18.7. The molecule has 146 valence electrons. The standard InChI is InChI=1S/C19H17ClN2O3S3/c20-16-9-8-15(27-16)14-12-26-18(21-14)22-17(23)19(10-4-5-11-19)28(24,25)13-6-2-1-3-7-13/h1-3,6-9,12H,4-5,10-11H2,(H,21,22,23). The number of thiazole rings is 1. The Morgan fingerprint density at radius 2 is 1.82 bits per heavy atom. The van der Waals surface area contributed by atoms with Crippen LogP contribution in [0.3, 0.4) is 0 Å². The molecule has 9 heteroatoms. The van der Waals surface area contributed by atoms with Gasteiger partial charge >= 0.3 is 0 Å². The van der Waals surface area contributed by atoms with E-state index >= 15 is 0 Å². The van der Waals surface area contributed by atoms with Gasteiger partial charge in [-0.15, -0.1) is 22.7 Å². The number of aromatic nitrogens is 1. The fourth-order valence-corrected chi connectivity index (χ4v) is 7.37. The fourth-order valence-electron chi connectivity index (χ4n) is 3.50. The lowest BCUT2D eigenvalue weighted by atomic mass is 10.1. The molecule has 1 aliphatic rings. The summed E-state index contributed by atoms with van der Waals surface area (Å²) in [5.41, 5.74) is 0.712. The van der Waals surface area contributed by atoms with Gasteiger partial charge in [0.15, 0.2) is 19.7 Å². The first-order valence-corrected chi connectivity index (χ1v) is 12.3. The molecule has 4 rings (SSSR count). The Balaban J connectivity index is 1.63. The smallest absolute Gasteiger partial charge is 0.248 e. The first kappa shape index (κ1) is 19.6. The largest absolute Gasteiger partial charge is 0.301 e. The molecule has 0 unspecified atom stereocenters. The minimum atomic E-state index is -3.81. The van der Waals surface area contributed by atoms with Crippen molar-refractivity contribution in [2.45, 2.75) is 35.3 Å². The molecule has 5 nitrogen and oxygen atoms in total. The van der Waals surface area contributed by atoms with Crippen LogP contribution in [0.4, 0.5) is 5.13 Å². The van der Waals surface area contributed by atoms with Crippen LogP contribution >= 0.6 is 34.3 Å². The van der Waals surface area contributed by atoms with E-state index in [0.29, 0.717) is 40.8 Å². The van der Waals surface area contributed by atoms with Crippen LogP contribution in [0.5, 0.6) is 0 Å². The maximum atomic E-state index is 13.3. The topological polar surface area (TPSA) is 76.1 Å². The van der Waals surface area contributed by atoms with Crippen molar-refractivity contribution >= 4 is 55.2 Å². The van der Waals surface area contributed by atoms with Crippen molar-refractivity contribution in [3.8, 4) is 10.6 Å². The number of thiophene rings is 1. The zero-order valence-corrected chi connectivity index (χ0v) is 17.9. The summed E-state index contributed by atoms with van der Waals surface area (Å²) in [5.74, 6) is -0.501. The molecule has 0 atom stereocenters. The average Bonchev–Trinajstić information content (AvgIpc) is 3.43. The molecule has 1 fully saturated rings. The predicted octanol–water partition coefficient (Wildman–Crippen LogP) is 5.25. The lowest BCUT2D eigenvalue weighted by Gasteiger charge is -2.27. The minimum absolute atomic E-state index is 0.181. The molecule has 0 bridgehead atoms. The number of halogens is 1. The van der Waals surface area contributed by atoms with Crippen molar-refractivity contribution in [1.82, 2.24) is 4.98 Å². The molecule has 0 saturated heterocycles. The Kier molecular flexibility index (Phi) is 5.30. The van der Waals surface area contributed by atoms with E-state index < -0.39 is 20.5 Å². The number of amides is 1. The van der Waals surface area contributed by atoms with Crippen molar-refractivity contribution in [2.75, 3.05) is 5.32 Å². The van der Waals surface area contributed by atoms with Gasteiger partial charge in [-0.2, -0.15) is 0 Å². The summed E-state index contributed by atoms with van der Waals surface area (Å²) in [6, 6.07) is 11.9. The van der Waals surface area contributed by atoms with Crippen LogP contribution in [0, 0.1) is 0 Å². The van der Waals surface area contributed by atoms with Crippen LogP contribution < -0.4 is 5.32 Å². The maximum absolute atomic E-state index is 13.3. The summed E-state index contributed by atoms with van der Waals surface area (Å²) in [6.45, 7) is 0. The highest BCUT2D eigenvalue weighted by atomic mass is 35.5. The van der Waals surface area contributed by atoms with Crippen LogP contribution in [-0.2, 0) is 14.6 Å². The van der Waals surface area contributed by atoms with Gasteiger partial charge in [0.1, 0.15) is 0 Å². The van der Waals surface area contributed by atoms with Crippen molar-refractivity contribution in [1.29, 1.82) is 0 Å². The van der Waals surface area contributed by atoms with Crippen LogP contribution in [0.15, 0.2) is 52.7 Å². The molecule has 1 saturated carbocycles. The number of carbonyl (C=O) groups is 1. The molecule has 2 heterocycles. The van der Waals surface area contributed by atoms with E-state index in [1.807, 2.05) is 11.4 Å². The Labute approximate surface area is 176 Å². The molecule has 0 aliphatic heterocycles. The molecule has 1 aliphatic carbocycles. The zero-order valence-electron chi connectivity index (χ0n) is 14.7. The van der Waals surface area contributed by atoms with E-state index in [1.54, 1.807) is 36.4 Å². The van der Waals surface area contributed by atoms with E-state index in [9.17, 15) is 13.2 Å². The summed E-state index contributed by atoms with van der Waals surface area (Å²) in [6.07, 6.45) is 2.04. The molecule has 28 heavy (non-hydrogen) atoms. The van der Waals surface area contributed by atoms with Gasteiger partial charge in [-0.05, 0) is 37.1 Å². The van der Waals surface area contributed by atoms with Crippen LogP contribution in [-0.4, -0.2) is 24.1 Å². The highest BCUT2D eigenvalue weighted by molar-refractivity contribution is 7.93. The summed E-state index contributed by atoms with van der Waals surface area (Å²) >= 11 is 8.64. The molecular weight excluding hydrogens is 436 g/mol. The zero-order chi connectivity index (χ0) is 19.8. The highest BCUT2D eigenvalue weighted by Crippen LogP contribution is 2.42. The van der Waals surface area contributed by atoms with E-state index in [2.05, 4.69) is 10.3 Å². The summed E-state index contributed by atoms with van der Waals surface area (Å²) < 4.78 is 25.9. The number of hydrogen-bond donors (Lipinski definition) is 1. The summed E-state index contributed by atoms with van der Waals surface area (Å²) in [5, 5.41) is 4.97. The first-order valence-electron chi connectivity index (χ1n) is 8.75. The van der Waals surface area contributed by atoms with Gasteiger partial charge in [0.2, 0.25) is 5.91 Å². The van der Waals surface area contributed by atoms with Crippen molar-refractivity contribution in [2.24, 2.45) is 0 Å². The number of hydrogen-bond acceptors (Lipinski definition) is 6. The van der Waals surface area contributed by atoms with Gasteiger partial charge in [-0.25, -0.2) is 13.4 Å². The number of nitrogens with one attached hydrogen (secondary N) is 1. The molecule has 1 N–H and O–H groups in total. The van der Waals surface area contributed by atoms with Crippen LogP contribution in [0.25, 0.3) is 10.6 Å². The molecule has 1 aromatic carbocycles. The first-order chi connectivity index (χ1) is 13.4. The van der Waals surface area contributed by atoms with Gasteiger partial charge < -0.3 is 5.32 Å². The molecule has 1 amide bonds. The van der Waals surface area contributed by atoms with E-state index in [0.717, 1.165) is 4.88 Å². The highest BCUT2D eigenvalue weighted by Gasteiger charge is 2.53. The number of rotatable bonds is 5. The lowest BCUT2D eigenvalue weighted by molar-refractivity contribution is -0.118. The van der Waals surface area contributed by atoms with E-state index in [4.69, 9.17) is 11.6 Å². The lowest BCUT2D eigenvalue weighted by Crippen LogP contribution is -2.47. The molecule has 2 aromatic heterocycles. The molecule has 3 aromatic rings. The fraction of sp³-hybridized carbons (Fsp3) is 0.263. The molecule has 0 spiro atoms. The van der Waals surface area contributed by atoms with Crippen LogP contribution in [0.1, 0.15) is 25.7 Å². The summed E-state index contributed by atoms with van der Waals surface area (Å²) in [7, 11) is -3.81. The van der Waals surface area contributed by atoms with Gasteiger partial charge in [0, 0.05) is 5.38 Å². The third kappa shape index (κ3) is 3.39. The molecular formula is C19H17ClN2O3S3. The third-order valence-electron chi connectivity index (χ3n) is 4.94. The average molecular weight is 453 g/mol. The van der Waals surface area contributed by atoms with Crippen molar-refractivity contribution in [3.05, 3.63) is 52.2 Å². The van der Waals surface area contributed by atoms with E-state index in [1.165, 1.54) is 22.7 Å². The normalized spacial score (nSPS) is 16.2. The number of benzene rings is 1. The SMILES string of the molecule is O=C(Nc1nc(-c2ccc(Cl)s2)cs1)C1(S(=O)(=O)c2ccccc2)CCCC1. The number of anilines is 1. The third-order valence-corrected chi connectivity index (χ3v) is 9.47. The molecule has 0 radical (unpaired) electrons. The number of carbonyl (C=O) groups excluding carboxylic acids is 1. The Bertz CT molecular complexity index is 1100. The minimum Gasteiger partial charge on any atom is -0.301 e. The second-order valence-corrected chi connectivity index (χ2v) is 11.4. The van der Waals surface area contributed by atoms with E-state index in [-0.39, 0.29) is 4.90 Å². The van der Waals surface area contributed by atoms with Crippen molar-refractivity contribution < 1.29 is 13.2 Å². The monoisotopic (exact) mass is 452 g/mol. The Morgan fingerprint density at radius 3 is 2.46 bits per heavy atom. The Morgan fingerprint density at radius 1 is 1.11 bits per heavy atom. The van der Waals surface area contributed by atoms with Crippen LogP contribution in [0.2, 0.25) is 4.34 Å². The number of sulfone groups is 1. The quantitative estimate of drug-likeness (QED) is 0.573. The number of nitrogens with zero attached hydrogens (tertiary/aromatic N) is 1. The van der Waals surface area contributed by atoms with Gasteiger partial charge in [0.05, 0.1) is 19.8 Å². The van der Waals surface area contributed by atoms with Crippen molar-refractivity contribution in [3.63, 3.8) is 0 Å². The Hall–Kier alpha value is -1.74. The second-order valence-electron chi connectivity index (χ2n) is 6.61. The van der Waals surface area contributed by atoms with Gasteiger partial charge in [-0.1, -0.05) is 42.6 Å².